The van der Waals surface area contributed by atoms with Gasteiger partial charge in [-0.1, -0.05) is 50.7 Å². The minimum Gasteiger partial charge on any atom is -0.461 e. The van der Waals surface area contributed by atoms with Crippen molar-refractivity contribution in [2.45, 2.75) is 44.3 Å². The fourth-order valence-corrected chi connectivity index (χ4v) is 4.08. The highest BCUT2D eigenvalue weighted by molar-refractivity contribution is 7.99. The summed E-state index contributed by atoms with van der Waals surface area (Å²) in [5.74, 6) is 0.977. The topological polar surface area (TPSA) is 134 Å². The molecule has 35 heavy (non-hydrogen) atoms. The molecule has 0 saturated carbocycles. The van der Waals surface area contributed by atoms with E-state index in [1.165, 1.54) is 18.0 Å². The van der Waals surface area contributed by atoms with Crippen molar-refractivity contribution in [3.05, 3.63) is 60.5 Å². The van der Waals surface area contributed by atoms with E-state index < -0.39 is 5.91 Å². The van der Waals surface area contributed by atoms with Gasteiger partial charge in [-0.2, -0.15) is 5.10 Å². The van der Waals surface area contributed by atoms with E-state index in [2.05, 4.69) is 36.3 Å². The summed E-state index contributed by atoms with van der Waals surface area (Å²) in [4.78, 5) is 24.3. The second-order valence-corrected chi connectivity index (χ2v) is 9.84. The van der Waals surface area contributed by atoms with Crippen LogP contribution in [0, 0.1) is 0 Å². The number of amides is 2. The predicted molar refractivity (Wildman–Crippen MR) is 133 cm³/mol. The van der Waals surface area contributed by atoms with Crippen molar-refractivity contribution in [1.29, 1.82) is 0 Å². The molecule has 4 rings (SSSR count). The number of para-hydroxylation sites is 1. The van der Waals surface area contributed by atoms with Crippen LogP contribution in [0.4, 0.5) is 5.82 Å². The SMILES string of the molecule is CC(C)(C)c1cc(NC(=O)CSc2nnc(-c3ccco3)n2CCC(N)=O)n(-c2ccccc2)n1. The first kappa shape index (κ1) is 24.3. The fourth-order valence-electron chi connectivity index (χ4n) is 3.32. The Kier molecular flexibility index (Phi) is 7.06. The highest BCUT2D eigenvalue weighted by atomic mass is 32.2. The average Bonchev–Trinajstić information content (AvgIpc) is 3.56. The molecule has 0 radical (unpaired) electrons. The molecule has 0 fully saturated rings. The van der Waals surface area contributed by atoms with E-state index in [9.17, 15) is 9.59 Å². The summed E-state index contributed by atoms with van der Waals surface area (Å²) in [6.07, 6.45) is 1.64. The van der Waals surface area contributed by atoms with E-state index in [0.717, 1.165) is 11.4 Å². The van der Waals surface area contributed by atoms with Gasteiger partial charge in [-0.25, -0.2) is 4.68 Å². The summed E-state index contributed by atoms with van der Waals surface area (Å²) in [7, 11) is 0. The van der Waals surface area contributed by atoms with Crippen LogP contribution in [-0.4, -0.2) is 42.1 Å². The Hall–Kier alpha value is -3.86. The molecule has 4 aromatic rings. The van der Waals surface area contributed by atoms with Gasteiger partial charge in [-0.15, -0.1) is 10.2 Å². The van der Waals surface area contributed by atoms with Crippen LogP contribution in [0.3, 0.4) is 0 Å². The van der Waals surface area contributed by atoms with Gasteiger partial charge in [-0.05, 0) is 24.3 Å². The van der Waals surface area contributed by atoms with E-state index in [1.54, 1.807) is 21.4 Å². The van der Waals surface area contributed by atoms with Crippen molar-refractivity contribution in [1.82, 2.24) is 24.5 Å². The Bertz CT molecular complexity index is 1300. The van der Waals surface area contributed by atoms with Crippen LogP contribution < -0.4 is 11.1 Å². The second-order valence-electron chi connectivity index (χ2n) is 8.90. The summed E-state index contributed by atoms with van der Waals surface area (Å²) < 4.78 is 8.89. The molecule has 0 atom stereocenters. The number of carbonyl (C=O) groups is 2. The molecule has 10 nitrogen and oxygen atoms in total. The maximum Gasteiger partial charge on any atom is 0.236 e. The highest BCUT2D eigenvalue weighted by Crippen LogP contribution is 2.28. The van der Waals surface area contributed by atoms with Gasteiger partial charge in [0.25, 0.3) is 0 Å². The standard InChI is InChI=1S/C24H27N7O3S/c1-24(2,3)18-14-20(31(29-18)16-8-5-4-6-9-16)26-21(33)15-35-23-28-27-22(17-10-7-13-34-17)30(23)12-11-19(25)32/h4-10,13-14H,11-12,15H2,1-3H3,(H2,25,32)(H,26,33). The van der Waals surface area contributed by atoms with E-state index in [1.807, 2.05) is 36.4 Å². The Labute approximate surface area is 206 Å². The number of nitrogens with one attached hydrogen (secondary N) is 1. The van der Waals surface area contributed by atoms with E-state index >= 15 is 0 Å². The Morgan fingerprint density at radius 2 is 1.89 bits per heavy atom. The van der Waals surface area contributed by atoms with Crippen LogP contribution in [0.25, 0.3) is 17.3 Å². The fraction of sp³-hybridized carbons (Fsp3) is 0.292. The number of nitrogens with zero attached hydrogens (tertiary/aromatic N) is 5. The number of rotatable bonds is 9. The third kappa shape index (κ3) is 5.80. The van der Waals surface area contributed by atoms with Crippen molar-refractivity contribution >= 4 is 29.4 Å². The van der Waals surface area contributed by atoms with Gasteiger partial charge in [-0.3, -0.25) is 14.2 Å². The molecular weight excluding hydrogens is 466 g/mol. The largest absolute Gasteiger partial charge is 0.461 e. The first-order valence-electron chi connectivity index (χ1n) is 11.1. The third-order valence-corrected chi connectivity index (χ3v) is 6.09. The van der Waals surface area contributed by atoms with Crippen LogP contribution in [-0.2, 0) is 21.5 Å². The van der Waals surface area contributed by atoms with Crippen LogP contribution in [0.1, 0.15) is 32.9 Å². The van der Waals surface area contributed by atoms with E-state index in [-0.39, 0.29) is 30.0 Å². The van der Waals surface area contributed by atoms with Gasteiger partial charge in [0.05, 0.1) is 23.4 Å². The molecular formula is C24H27N7O3S. The zero-order valence-electron chi connectivity index (χ0n) is 19.8. The predicted octanol–water partition coefficient (Wildman–Crippen LogP) is 3.63. The lowest BCUT2D eigenvalue weighted by atomic mass is 9.92. The molecule has 0 bridgehead atoms. The number of carbonyl (C=O) groups excluding carboxylic acids is 2. The number of primary amides is 1. The number of benzene rings is 1. The number of anilines is 1. The lowest BCUT2D eigenvalue weighted by Gasteiger charge is -2.14. The zero-order chi connectivity index (χ0) is 25.0. The number of furan rings is 1. The number of thioether (sulfide) groups is 1. The lowest BCUT2D eigenvalue weighted by Crippen LogP contribution is -2.18. The first-order valence-corrected chi connectivity index (χ1v) is 12.0. The summed E-state index contributed by atoms with van der Waals surface area (Å²) in [5.41, 5.74) is 6.86. The minimum absolute atomic E-state index is 0.0810. The average molecular weight is 494 g/mol. The summed E-state index contributed by atoms with van der Waals surface area (Å²) >= 11 is 1.21. The molecule has 0 aliphatic carbocycles. The number of hydrogen-bond acceptors (Lipinski definition) is 7. The number of hydrogen-bond donors (Lipinski definition) is 2. The van der Waals surface area contributed by atoms with Gasteiger partial charge in [0.2, 0.25) is 11.8 Å². The lowest BCUT2D eigenvalue weighted by molar-refractivity contribution is -0.118. The van der Waals surface area contributed by atoms with Gasteiger partial charge in [0.1, 0.15) is 5.82 Å². The molecule has 3 heterocycles. The molecule has 0 aliphatic heterocycles. The molecule has 0 spiro atoms. The summed E-state index contributed by atoms with van der Waals surface area (Å²) in [5, 5.41) is 16.6. The number of aromatic nitrogens is 5. The van der Waals surface area contributed by atoms with Crippen LogP contribution in [0.5, 0.6) is 0 Å². The van der Waals surface area contributed by atoms with Gasteiger partial charge < -0.3 is 15.5 Å². The molecule has 1 aromatic carbocycles. The maximum atomic E-state index is 12.9. The van der Waals surface area contributed by atoms with E-state index in [4.69, 9.17) is 15.2 Å². The molecule has 3 N–H and O–H groups in total. The molecule has 0 aliphatic rings. The maximum absolute atomic E-state index is 12.9. The van der Waals surface area contributed by atoms with Gasteiger partial charge in [0.15, 0.2) is 16.7 Å². The summed E-state index contributed by atoms with van der Waals surface area (Å²) in [6, 6.07) is 15.0. The van der Waals surface area contributed by atoms with Crippen molar-refractivity contribution in [2.75, 3.05) is 11.1 Å². The smallest absolute Gasteiger partial charge is 0.236 e. The van der Waals surface area contributed by atoms with Crippen molar-refractivity contribution < 1.29 is 14.0 Å². The van der Waals surface area contributed by atoms with E-state index in [0.29, 0.717) is 22.6 Å². The molecule has 0 unspecified atom stereocenters. The Morgan fingerprint density at radius 3 is 2.54 bits per heavy atom. The van der Waals surface area contributed by atoms with Gasteiger partial charge in [0, 0.05) is 24.4 Å². The van der Waals surface area contributed by atoms with Crippen molar-refractivity contribution in [3.63, 3.8) is 0 Å². The van der Waals surface area contributed by atoms with Crippen LogP contribution in [0.15, 0.2) is 64.4 Å². The molecule has 182 valence electrons. The third-order valence-electron chi connectivity index (χ3n) is 5.12. The van der Waals surface area contributed by atoms with Crippen LogP contribution >= 0.6 is 11.8 Å². The zero-order valence-corrected chi connectivity index (χ0v) is 20.6. The molecule has 11 heteroatoms. The molecule has 2 amide bonds. The minimum atomic E-state index is -0.443. The Balaban J connectivity index is 1.52. The highest BCUT2D eigenvalue weighted by Gasteiger charge is 2.22. The monoisotopic (exact) mass is 493 g/mol. The Morgan fingerprint density at radius 1 is 1.11 bits per heavy atom. The second kappa shape index (κ2) is 10.2. The molecule has 3 aromatic heterocycles. The van der Waals surface area contributed by atoms with Gasteiger partial charge >= 0.3 is 0 Å². The van der Waals surface area contributed by atoms with Crippen molar-refractivity contribution in [2.24, 2.45) is 5.73 Å². The quantitative estimate of drug-likeness (QED) is 0.340. The van der Waals surface area contributed by atoms with Crippen LogP contribution in [0.2, 0.25) is 0 Å². The van der Waals surface area contributed by atoms with Crippen molar-refractivity contribution in [3.8, 4) is 17.3 Å². The summed E-state index contributed by atoms with van der Waals surface area (Å²) in [6.45, 7) is 6.49. The number of nitrogens with two attached hydrogens (primary N) is 1. The molecule has 0 saturated heterocycles. The first-order chi connectivity index (χ1) is 16.7. The normalized spacial score (nSPS) is 11.5.